The van der Waals surface area contributed by atoms with Gasteiger partial charge in [-0.05, 0) is 31.0 Å². The van der Waals surface area contributed by atoms with Gasteiger partial charge in [-0.15, -0.1) is 0 Å². The maximum atomic E-state index is 12.1. The van der Waals surface area contributed by atoms with Gasteiger partial charge in [0, 0.05) is 18.8 Å². The monoisotopic (exact) mass is 244 g/mol. The van der Waals surface area contributed by atoms with E-state index < -0.39 is 0 Å². The highest BCUT2D eigenvalue weighted by atomic mass is 16.2. The molecule has 1 saturated heterocycles. The average Bonchev–Trinajstić information content (AvgIpc) is 2.98. The number of rotatable bonds is 2. The van der Waals surface area contributed by atoms with E-state index in [9.17, 15) is 4.79 Å². The fraction of sp³-hybridized carbons (Fsp3) is 0.385. The number of fused-ring (bicyclic) bond motifs is 1. The molecule has 5 heteroatoms. The van der Waals surface area contributed by atoms with E-state index in [0.717, 1.165) is 37.0 Å². The van der Waals surface area contributed by atoms with E-state index in [-0.39, 0.29) is 5.91 Å². The van der Waals surface area contributed by atoms with Crippen LogP contribution >= 0.6 is 0 Å². The van der Waals surface area contributed by atoms with Crippen molar-refractivity contribution < 1.29 is 4.79 Å². The van der Waals surface area contributed by atoms with Gasteiger partial charge in [-0.25, -0.2) is 4.98 Å². The summed E-state index contributed by atoms with van der Waals surface area (Å²) >= 11 is 0. The van der Waals surface area contributed by atoms with Crippen LogP contribution in [0.15, 0.2) is 24.5 Å². The van der Waals surface area contributed by atoms with Crippen molar-refractivity contribution in [3.63, 3.8) is 0 Å². The number of nitrogens with zero attached hydrogens (tertiary/aromatic N) is 3. The third-order valence-electron chi connectivity index (χ3n) is 3.41. The van der Waals surface area contributed by atoms with Crippen molar-refractivity contribution in [1.82, 2.24) is 14.5 Å². The zero-order chi connectivity index (χ0) is 12.5. The largest absolute Gasteiger partial charge is 0.399 e. The number of benzene rings is 1. The van der Waals surface area contributed by atoms with Crippen LogP contribution in [0.3, 0.4) is 0 Å². The SMILES string of the molecule is Nc1ccc2c(c1)ncn2CC(=O)N1CCCC1. The molecule has 2 aromatic rings. The van der Waals surface area contributed by atoms with Crippen molar-refractivity contribution in [3.05, 3.63) is 24.5 Å². The predicted molar refractivity (Wildman–Crippen MR) is 70.0 cm³/mol. The minimum absolute atomic E-state index is 0.170. The van der Waals surface area contributed by atoms with Crippen LogP contribution in [0.1, 0.15) is 12.8 Å². The Kier molecular flexibility index (Phi) is 2.66. The molecule has 3 rings (SSSR count). The van der Waals surface area contributed by atoms with Crippen molar-refractivity contribution in [3.8, 4) is 0 Å². The Morgan fingerprint density at radius 2 is 2.11 bits per heavy atom. The van der Waals surface area contributed by atoms with Gasteiger partial charge in [0.25, 0.3) is 0 Å². The Morgan fingerprint density at radius 3 is 2.89 bits per heavy atom. The molecule has 0 unspecified atom stereocenters. The lowest BCUT2D eigenvalue weighted by molar-refractivity contribution is -0.130. The molecule has 0 bridgehead atoms. The van der Waals surface area contributed by atoms with E-state index in [2.05, 4.69) is 4.98 Å². The van der Waals surface area contributed by atoms with Crippen molar-refractivity contribution in [1.29, 1.82) is 0 Å². The van der Waals surface area contributed by atoms with Crippen molar-refractivity contribution >= 4 is 22.6 Å². The quantitative estimate of drug-likeness (QED) is 0.808. The lowest BCUT2D eigenvalue weighted by Crippen LogP contribution is -2.30. The summed E-state index contributed by atoms with van der Waals surface area (Å²) in [4.78, 5) is 18.3. The summed E-state index contributed by atoms with van der Waals surface area (Å²) < 4.78 is 1.88. The maximum absolute atomic E-state index is 12.1. The molecule has 94 valence electrons. The first-order valence-electron chi connectivity index (χ1n) is 6.22. The van der Waals surface area contributed by atoms with Crippen LogP contribution < -0.4 is 5.73 Å². The third kappa shape index (κ3) is 1.92. The molecule has 0 atom stereocenters. The van der Waals surface area contributed by atoms with Gasteiger partial charge in [0.2, 0.25) is 5.91 Å². The molecule has 18 heavy (non-hydrogen) atoms. The molecule has 1 aromatic carbocycles. The molecular formula is C13H16N4O. The number of hydrogen-bond donors (Lipinski definition) is 1. The van der Waals surface area contributed by atoms with Crippen LogP contribution in [0.25, 0.3) is 11.0 Å². The number of nitrogen functional groups attached to an aromatic ring is 1. The van der Waals surface area contributed by atoms with Crippen LogP contribution in [0.2, 0.25) is 0 Å². The van der Waals surface area contributed by atoms with E-state index in [1.807, 2.05) is 27.7 Å². The highest BCUT2D eigenvalue weighted by Crippen LogP contribution is 2.17. The highest BCUT2D eigenvalue weighted by molar-refractivity contribution is 5.82. The first-order valence-corrected chi connectivity index (χ1v) is 6.22. The number of nitrogens with two attached hydrogens (primary N) is 1. The standard InChI is InChI=1S/C13H16N4O/c14-10-3-4-12-11(7-10)15-9-17(12)8-13(18)16-5-1-2-6-16/h3-4,7,9H,1-2,5-6,8,14H2. The number of hydrogen-bond acceptors (Lipinski definition) is 3. The third-order valence-corrected chi connectivity index (χ3v) is 3.41. The number of aromatic nitrogens is 2. The van der Waals surface area contributed by atoms with E-state index >= 15 is 0 Å². The fourth-order valence-corrected chi connectivity index (χ4v) is 2.42. The molecular weight excluding hydrogens is 228 g/mol. The number of likely N-dealkylation sites (tertiary alicyclic amines) is 1. The van der Waals surface area contributed by atoms with E-state index in [4.69, 9.17) is 5.73 Å². The number of carbonyl (C=O) groups excluding carboxylic acids is 1. The second kappa shape index (κ2) is 4.33. The Morgan fingerprint density at radius 1 is 1.33 bits per heavy atom. The maximum Gasteiger partial charge on any atom is 0.242 e. The van der Waals surface area contributed by atoms with Crippen molar-refractivity contribution in [2.75, 3.05) is 18.8 Å². The van der Waals surface area contributed by atoms with Gasteiger partial charge in [0.05, 0.1) is 17.4 Å². The molecule has 1 amide bonds. The topological polar surface area (TPSA) is 64.1 Å². The number of anilines is 1. The molecule has 1 fully saturated rings. The summed E-state index contributed by atoms with van der Waals surface area (Å²) in [5.41, 5.74) is 8.20. The fourth-order valence-electron chi connectivity index (χ4n) is 2.42. The Bertz CT molecular complexity index is 584. The molecule has 0 aliphatic carbocycles. The molecule has 2 N–H and O–H groups in total. The van der Waals surface area contributed by atoms with Gasteiger partial charge in [0.1, 0.15) is 6.54 Å². The van der Waals surface area contributed by atoms with Crippen LogP contribution in [-0.2, 0) is 11.3 Å². The molecule has 5 nitrogen and oxygen atoms in total. The first kappa shape index (κ1) is 11.1. The predicted octanol–water partition coefficient (Wildman–Crippen LogP) is 1.24. The van der Waals surface area contributed by atoms with Crippen LogP contribution in [0.5, 0.6) is 0 Å². The van der Waals surface area contributed by atoms with Gasteiger partial charge in [0.15, 0.2) is 0 Å². The van der Waals surface area contributed by atoms with Gasteiger partial charge in [-0.1, -0.05) is 0 Å². The summed E-state index contributed by atoms with van der Waals surface area (Å²) in [7, 11) is 0. The Labute approximate surface area is 105 Å². The lowest BCUT2D eigenvalue weighted by Gasteiger charge is -2.15. The normalized spacial score (nSPS) is 15.4. The minimum atomic E-state index is 0.170. The molecule has 1 aliphatic heterocycles. The molecule has 1 aromatic heterocycles. The summed E-state index contributed by atoms with van der Waals surface area (Å²) in [6, 6.07) is 5.57. The van der Waals surface area contributed by atoms with Crippen LogP contribution in [0, 0.1) is 0 Å². The molecule has 0 saturated carbocycles. The van der Waals surface area contributed by atoms with Gasteiger partial charge in [-0.3, -0.25) is 4.79 Å². The second-order valence-electron chi connectivity index (χ2n) is 4.71. The summed E-state index contributed by atoms with van der Waals surface area (Å²) in [6.07, 6.45) is 3.94. The van der Waals surface area contributed by atoms with Gasteiger partial charge >= 0.3 is 0 Å². The average molecular weight is 244 g/mol. The second-order valence-corrected chi connectivity index (χ2v) is 4.71. The van der Waals surface area contributed by atoms with Crippen LogP contribution in [0.4, 0.5) is 5.69 Å². The van der Waals surface area contributed by atoms with E-state index in [1.165, 1.54) is 0 Å². The first-order chi connectivity index (χ1) is 8.74. The zero-order valence-corrected chi connectivity index (χ0v) is 10.2. The highest BCUT2D eigenvalue weighted by Gasteiger charge is 2.18. The molecule has 1 aliphatic rings. The number of carbonyl (C=O) groups is 1. The summed E-state index contributed by atoms with van der Waals surface area (Å²) in [6.45, 7) is 2.14. The van der Waals surface area contributed by atoms with E-state index in [1.54, 1.807) is 6.33 Å². The summed E-state index contributed by atoms with van der Waals surface area (Å²) in [5, 5.41) is 0. The molecule has 2 heterocycles. The van der Waals surface area contributed by atoms with Crippen LogP contribution in [-0.4, -0.2) is 33.4 Å². The summed E-state index contributed by atoms with van der Waals surface area (Å²) in [5.74, 6) is 0.170. The Balaban J connectivity index is 1.84. The molecule has 0 radical (unpaired) electrons. The number of amides is 1. The van der Waals surface area contributed by atoms with Gasteiger partial charge in [-0.2, -0.15) is 0 Å². The Hall–Kier alpha value is -2.04. The lowest BCUT2D eigenvalue weighted by atomic mass is 10.3. The molecule has 0 spiro atoms. The zero-order valence-electron chi connectivity index (χ0n) is 10.2. The number of imidazole rings is 1. The smallest absolute Gasteiger partial charge is 0.242 e. The van der Waals surface area contributed by atoms with Gasteiger partial charge < -0.3 is 15.2 Å². The van der Waals surface area contributed by atoms with Crippen molar-refractivity contribution in [2.24, 2.45) is 0 Å². The van der Waals surface area contributed by atoms with E-state index in [0.29, 0.717) is 12.2 Å². The minimum Gasteiger partial charge on any atom is -0.399 e. The van der Waals surface area contributed by atoms with Crippen molar-refractivity contribution in [2.45, 2.75) is 19.4 Å².